The molecule has 5 aromatic rings. The largest absolute Gasteiger partial charge is 0.453 e. The number of nitrogens with zero attached hydrogens (tertiary/aromatic N) is 4. The molecule has 4 amide bonds. The Morgan fingerprint density at radius 1 is 0.825 bits per heavy atom. The third kappa shape index (κ3) is 7.37. The van der Waals surface area contributed by atoms with E-state index in [1.54, 1.807) is 0 Å². The summed E-state index contributed by atoms with van der Waals surface area (Å²) in [6.45, 7) is 5.56. The summed E-state index contributed by atoms with van der Waals surface area (Å²) in [6, 6.07) is 15.7. The van der Waals surface area contributed by atoms with E-state index in [-0.39, 0.29) is 41.8 Å². The second-order valence-electron chi connectivity index (χ2n) is 18.4. The van der Waals surface area contributed by atoms with Crippen LogP contribution < -0.4 is 10.6 Å². The Balaban J connectivity index is 0.896. The molecule has 4 fully saturated rings. The molecule has 63 heavy (non-hydrogen) atoms. The second kappa shape index (κ2) is 16.6. The van der Waals surface area contributed by atoms with E-state index in [9.17, 15) is 19.2 Å². The van der Waals surface area contributed by atoms with Gasteiger partial charge in [-0.3, -0.25) is 9.59 Å². The van der Waals surface area contributed by atoms with Crippen LogP contribution in [-0.4, -0.2) is 106 Å². The number of imidazole rings is 2. The van der Waals surface area contributed by atoms with E-state index in [2.05, 4.69) is 63.1 Å². The van der Waals surface area contributed by atoms with Gasteiger partial charge in [-0.15, -0.1) is 0 Å². The first-order valence-corrected chi connectivity index (χ1v) is 22.6. The molecule has 2 aromatic heterocycles. The van der Waals surface area contributed by atoms with Crippen LogP contribution in [0.15, 0.2) is 48.5 Å². The normalized spacial score (nSPS) is 22.9. The highest BCUT2D eigenvalue weighted by Crippen LogP contribution is 2.51. The average molecular weight is 857 g/mol. The molecular weight excluding hydrogens is 801 g/mol. The number of aromatic amines is 2. The van der Waals surface area contributed by atoms with Crippen molar-refractivity contribution in [1.29, 1.82) is 0 Å². The van der Waals surface area contributed by atoms with Crippen LogP contribution in [-0.2, 0) is 36.6 Å². The van der Waals surface area contributed by atoms with E-state index in [4.69, 9.17) is 24.2 Å². The number of hydrogen-bond acceptors (Lipinski definition) is 9. The molecule has 4 N–H and O–H groups in total. The molecule has 0 spiro atoms. The Bertz CT molecular complexity index is 2600. The standard InChI is InChI=1S/C48H56N8O7/c1-25(2)38(53-47(59)61-3)45(57)55-19-5-6-37(55)43-49-35-15-10-29-22-27(8-13-33(29)40(35)51-43)28-9-14-34-30(23-28)11-16-36-41(34)52-44(50-36)42-31-7-12-32(24-31)56(42)46(58)39(54-48(60)62-4)26-17-20-63-21-18-26/h8-10,13-15,22-23,25-26,31-32,37-39,42H,5-7,11-12,16-21,24H2,1-4H3,(H,49,51)(H,50,52)(H,53,59)(H,54,60)/t31-,32+,37-,38?,39-,42-/m0/s1. The summed E-state index contributed by atoms with van der Waals surface area (Å²) in [6.07, 6.45) is 6.44. The number of carbonyl (C=O) groups excluding carboxylic acids is 4. The highest BCUT2D eigenvalue weighted by molar-refractivity contribution is 6.05. The molecule has 5 aliphatic rings. The van der Waals surface area contributed by atoms with Crippen LogP contribution in [0.25, 0.3) is 44.2 Å². The molecule has 0 radical (unpaired) electrons. The number of rotatable bonds is 9. The van der Waals surface area contributed by atoms with Gasteiger partial charge in [0, 0.05) is 36.8 Å². The van der Waals surface area contributed by atoms with E-state index in [0.717, 1.165) is 106 Å². The summed E-state index contributed by atoms with van der Waals surface area (Å²) in [5.74, 6) is 1.58. The van der Waals surface area contributed by atoms with Crippen molar-refractivity contribution < 1.29 is 33.4 Å². The monoisotopic (exact) mass is 856 g/mol. The van der Waals surface area contributed by atoms with E-state index < -0.39 is 24.3 Å². The van der Waals surface area contributed by atoms with E-state index in [0.29, 0.717) is 38.5 Å². The van der Waals surface area contributed by atoms with Gasteiger partial charge in [-0.05, 0) is 110 Å². The first-order valence-electron chi connectivity index (χ1n) is 22.6. The number of aromatic nitrogens is 4. The maximum atomic E-state index is 14.5. The Labute approximate surface area is 366 Å². The number of hydrogen-bond donors (Lipinski definition) is 4. The highest BCUT2D eigenvalue weighted by atomic mass is 16.5. The van der Waals surface area contributed by atoms with Crippen LogP contribution >= 0.6 is 0 Å². The lowest BCUT2D eigenvalue weighted by atomic mass is 9.89. The fraction of sp³-hybridized carbons (Fsp3) is 0.500. The fourth-order valence-corrected chi connectivity index (χ4v) is 11.2. The number of likely N-dealkylation sites (tertiary alicyclic amines) is 2. The third-order valence-electron chi connectivity index (χ3n) is 14.5. The summed E-state index contributed by atoms with van der Waals surface area (Å²) in [4.78, 5) is 74.3. The maximum Gasteiger partial charge on any atom is 0.407 e. The van der Waals surface area contributed by atoms with Gasteiger partial charge in [0.1, 0.15) is 23.7 Å². The molecule has 2 aliphatic carbocycles. The van der Waals surface area contributed by atoms with Gasteiger partial charge < -0.3 is 44.6 Å². The SMILES string of the molecule is COC(=O)NC(C(=O)N1CCC[C@H]1c1nc2ccc3cc(-c4ccc5c(c4)CCc4nc([C@@H]6[C@H]7CC[C@H](C7)N6C(=O)[C@@H](NC(=O)OC)C6CCOCC6)[nH]c4-5)ccc3c2[nH]1)C(C)C. The molecule has 10 rings (SSSR count). The minimum absolute atomic E-state index is 0.0209. The average Bonchev–Trinajstić information content (AvgIpc) is 4.17. The molecular formula is C48H56N8O7. The summed E-state index contributed by atoms with van der Waals surface area (Å²) >= 11 is 0. The smallest absolute Gasteiger partial charge is 0.407 e. The number of ether oxygens (including phenoxy) is 3. The molecule has 3 aromatic carbocycles. The van der Waals surface area contributed by atoms with Crippen molar-refractivity contribution in [2.45, 2.75) is 102 Å². The zero-order chi connectivity index (χ0) is 43.5. The number of amides is 4. The van der Waals surface area contributed by atoms with Crippen LogP contribution in [0.3, 0.4) is 0 Å². The summed E-state index contributed by atoms with van der Waals surface area (Å²) in [5.41, 5.74) is 8.47. The summed E-state index contributed by atoms with van der Waals surface area (Å²) < 4.78 is 15.4. The number of benzene rings is 3. The Morgan fingerprint density at radius 2 is 1.60 bits per heavy atom. The van der Waals surface area contributed by atoms with Crippen molar-refractivity contribution in [3.8, 4) is 22.4 Å². The molecule has 6 atom stereocenters. The topological polar surface area (TPSA) is 184 Å². The molecule has 2 bridgehead atoms. The van der Waals surface area contributed by atoms with Gasteiger partial charge in [-0.2, -0.15) is 0 Å². The molecule has 330 valence electrons. The predicted octanol–water partition coefficient (Wildman–Crippen LogP) is 7.12. The number of piperidine rings is 1. The van der Waals surface area contributed by atoms with Gasteiger partial charge >= 0.3 is 12.2 Å². The van der Waals surface area contributed by atoms with Crippen molar-refractivity contribution >= 4 is 45.8 Å². The van der Waals surface area contributed by atoms with Crippen molar-refractivity contribution in [2.24, 2.45) is 17.8 Å². The highest BCUT2D eigenvalue weighted by Gasteiger charge is 2.52. The lowest BCUT2D eigenvalue weighted by Crippen LogP contribution is -2.55. The third-order valence-corrected chi connectivity index (χ3v) is 14.5. The minimum atomic E-state index is -0.695. The van der Waals surface area contributed by atoms with Crippen molar-refractivity contribution in [3.05, 3.63) is 71.4 Å². The number of methoxy groups -OCH3 is 2. The van der Waals surface area contributed by atoms with Crippen molar-refractivity contribution in [1.82, 2.24) is 40.4 Å². The van der Waals surface area contributed by atoms with E-state index >= 15 is 0 Å². The van der Waals surface area contributed by atoms with Crippen LogP contribution in [0.1, 0.15) is 93.8 Å². The first-order chi connectivity index (χ1) is 30.6. The summed E-state index contributed by atoms with van der Waals surface area (Å²) in [5, 5.41) is 7.77. The quantitative estimate of drug-likeness (QED) is 0.120. The first kappa shape index (κ1) is 41.1. The molecule has 3 aliphatic heterocycles. The van der Waals surface area contributed by atoms with Gasteiger partial charge in [0.15, 0.2) is 0 Å². The van der Waals surface area contributed by atoms with E-state index in [1.807, 2.05) is 29.7 Å². The molecule has 5 heterocycles. The Hall–Kier alpha value is -5.96. The minimum Gasteiger partial charge on any atom is -0.453 e. The summed E-state index contributed by atoms with van der Waals surface area (Å²) in [7, 11) is 2.63. The predicted molar refractivity (Wildman–Crippen MR) is 235 cm³/mol. The van der Waals surface area contributed by atoms with Crippen LogP contribution in [0.2, 0.25) is 0 Å². The van der Waals surface area contributed by atoms with Crippen LogP contribution in [0.5, 0.6) is 0 Å². The van der Waals surface area contributed by atoms with Gasteiger partial charge in [-0.1, -0.05) is 50.2 Å². The van der Waals surface area contributed by atoms with Crippen LogP contribution in [0, 0.1) is 17.8 Å². The number of aryl methyl sites for hydroxylation is 2. The van der Waals surface area contributed by atoms with Gasteiger partial charge in [0.25, 0.3) is 0 Å². The van der Waals surface area contributed by atoms with Gasteiger partial charge in [0.2, 0.25) is 11.8 Å². The molecule has 15 heteroatoms. The molecule has 1 saturated carbocycles. The van der Waals surface area contributed by atoms with Crippen LogP contribution in [0.4, 0.5) is 9.59 Å². The number of carbonyl (C=O) groups is 4. The molecule has 1 unspecified atom stereocenters. The Morgan fingerprint density at radius 3 is 2.40 bits per heavy atom. The number of H-pyrrole nitrogens is 2. The number of alkyl carbamates (subject to hydrolysis) is 2. The number of fused-ring (bicyclic) bond motifs is 8. The molecule has 3 saturated heterocycles. The maximum absolute atomic E-state index is 14.5. The zero-order valence-corrected chi connectivity index (χ0v) is 36.4. The lowest BCUT2D eigenvalue weighted by molar-refractivity contribution is -0.140. The van der Waals surface area contributed by atoms with Crippen molar-refractivity contribution in [3.63, 3.8) is 0 Å². The lowest BCUT2D eigenvalue weighted by Gasteiger charge is -2.39. The number of nitrogens with one attached hydrogen (secondary N) is 4. The van der Waals surface area contributed by atoms with Gasteiger partial charge in [-0.25, -0.2) is 19.6 Å². The van der Waals surface area contributed by atoms with Crippen molar-refractivity contribution in [2.75, 3.05) is 34.0 Å². The Kier molecular flexibility index (Phi) is 10.8. The second-order valence-corrected chi connectivity index (χ2v) is 18.4. The fourth-order valence-electron chi connectivity index (χ4n) is 11.2. The zero-order valence-electron chi connectivity index (χ0n) is 36.4. The van der Waals surface area contributed by atoms with Gasteiger partial charge in [0.05, 0.1) is 48.7 Å². The molecule has 15 nitrogen and oxygen atoms in total. The van der Waals surface area contributed by atoms with E-state index in [1.165, 1.54) is 19.8 Å².